The number of unbranched alkanes of at least 4 members (excludes halogenated alkanes) is 3. The Morgan fingerprint density at radius 3 is 2.18 bits per heavy atom. The number of carbonyl (C=O) groups excluding carboxylic acids is 3. The standard InChI is InChI=1S/C26H43N3O5/c1-9-10-11-14-17-29(23(32)18(2)27-24(33)34-26(6,7)8)21(22(31)28-25(3,4)5)19-15-12-13-16-20(19)30/h12-13,15-16,18,21,30H,9-11,14,17H2,1-8H3,(H,27,33)(H,28,31). The van der Waals surface area contributed by atoms with E-state index in [2.05, 4.69) is 17.6 Å². The van der Waals surface area contributed by atoms with Gasteiger partial charge in [0.05, 0.1) is 0 Å². The van der Waals surface area contributed by atoms with Crippen molar-refractivity contribution >= 4 is 17.9 Å². The molecule has 0 aromatic heterocycles. The lowest BCUT2D eigenvalue weighted by Gasteiger charge is -2.35. The summed E-state index contributed by atoms with van der Waals surface area (Å²) in [6, 6.07) is 4.52. The highest BCUT2D eigenvalue weighted by atomic mass is 16.6. The molecule has 0 spiro atoms. The highest BCUT2D eigenvalue weighted by Gasteiger charge is 2.36. The van der Waals surface area contributed by atoms with Crippen molar-refractivity contribution < 1.29 is 24.2 Å². The summed E-state index contributed by atoms with van der Waals surface area (Å²) in [5.41, 5.74) is -0.924. The van der Waals surface area contributed by atoms with E-state index in [1.165, 1.54) is 11.0 Å². The number of hydrogen-bond acceptors (Lipinski definition) is 5. The number of hydrogen-bond donors (Lipinski definition) is 3. The Bertz CT molecular complexity index is 826. The summed E-state index contributed by atoms with van der Waals surface area (Å²) < 4.78 is 5.29. The van der Waals surface area contributed by atoms with Crippen molar-refractivity contribution in [2.45, 2.75) is 104 Å². The van der Waals surface area contributed by atoms with Gasteiger partial charge in [-0.15, -0.1) is 0 Å². The Morgan fingerprint density at radius 2 is 1.65 bits per heavy atom. The molecule has 0 aliphatic rings. The molecular formula is C26H43N3O5. The first-order valence-electron chi connectivity index (χ1n) is 12.1. The third-order valence-corrected chi connectivity index (χ3v) is 4.93. The molecule has 1 rings (SSSR count). The number of carbonyl (C=O) groups is 3. The van der Waals surface area contributed by atoms with Crippen molar-refractivity contribution in [3.05, 3.63) is 29.8 Å². The van der Waals surface area contributed by atoms with Gasteiger partial charge in [-0.05, 0) is 61.0 Å². The van der Waals surface area contributed by atoms with Crippen molar-refractivity contribution in [3.63, 3.8) is 0 Å². The van der Waals surface area contributed by atoms with Crippen LogP contribution in [0.2, 0.25) is 0 Å². The first-order valence-corrected chi connectivity index (χ1v) is 12.1. The first kappa shape index (κ1) is 29.3. The molecule has 3 N–H and O–H groups in total. The van der Waals surface area contributed by atoms with Crippen LogP contribution in [0.25, 0.3) is 0 Å². The molecule has 2 atom stereocenters. The number of phenolic OH excluding ortho intramolecular Hbond substituents is 1. The van der Waals surface area contributed by atoms with Gasteiger partial charge < -0.3 is 25.4 Å². The number of alkyl carbamates (subject to hydrolysis) is 1. The third kappa shape index (κ3) is 10.0. The molecule has 8 heteroatoms. The van der Waals surface area contributed by atoms with E-state index in [0.29, 0.717) is 18.5 Å². The van der Waals surface area contributed by atoms with E-state index in [1.54, 1.807) is 45.9 Å². The lowest BCUT2D eigenvalue weighted by Crippen LogP contribution is -2.54. The van der Waals surface area contributed by atoms with E-state index < -0.39 is 41.1 Å². The number of nitrogens with one attached hydrogen (secondary N) is 2. The number of amides is 3. The number of nitrogens with zero attached hydrogens (tertiary/aromatic N) is 1. The Labute approximate surface area is 204 Å². The van der Waals surface area contributed by atoms with Gasteiger partial charge in [0.1, 0.15) is 23.4 Å². The van der Waals surface area contributed by atoms with Crippen LogP contribution >= 0.6 is 0 Å². The number of phenols is 1. The molecule has 3 amide bonds. The number of ether oxygens (including phenoxy) is 1. The fraction of sp³-hybridized carbons (Fsp3) is 0.654. The Kier molecular flexibility index (Phi) is 10.9. The Balaban J connectivity index is 3.34. The minimum Gasteiger partial charge on any atom is -0.508 e. The molecule has 8 nitrogen and oxygen atoms in total. The SMILES string of the molecule is CCCCCCN(C(=O)C(C)NC(=O)OC(C)(C)C)C(C(=O)NC(C)(C)C)c1ccccc1O. The number of para-hydroxylation sites is 1. The van der Waals surface area contributed by atoms with Crippen LogP contribution in [0, 0.1) is 0 Å². The minimum absolute atomic E-state index is 0.0735. The molecule has 34 heavy (non-hydrogen) atoms. The van der Waals surface area contributed by atoms with E-state index >= 15 is 0 Å². The van der Waals surface area contributed by atoms with E-state index in [-0.39, 0.29) is 5.75 Å². The largest absolute Gasteiger partial charge is 0.508 e. The molecule has 0 bridgehead atoms. The highest BCUT2D eigenvalue weighted by Crippen LogP contribution is 2.30. The summed E-state index contributed by atoms with van der Waals surface area (Å²) >= 11 is 0. The fourth-order valence-corrected chi connectivity index (χ4v) is 3.48. The van der Waals surface area contributed by atoms with E-state index in [1.807, 2.05) is 20.8 Å². The van der Waals surface area contributed by atoms with E-state index in [4.69, 9.17) is 4.74 Å². The van der Waals surface area contributed by atoms with Gasteiger partial charge in [-0.1, -0.05) is 44.4 Å². The maximum atomic E-state index is 13.6. The molecular weight excluding hydrogens is 434 g/mol. The molecule has 1 aromatic carbocycles. The topological polar surface area (TPSA) is 108 Å². The molecule has 0 aliphatic carbocycles. The average Bonchev–Trinajstić information content (AvgIpc) is 2.67. The third-order valence-electron chi connectivity index (χ3n) is 4.93. The molecule has 0 aliphatic heterocycles. The van der Waals surface area contributed by atoms with Gasteiger partial charge in [-0.25, -0.2) is 4.79 Å². The summed E-state index contributed by atoms with van der Waals surface area (Å²) in [7, 11) is 0. The molecule has 2 unspecified atom stereocenters. The Hall–Kier alpha value is -2.77. The van der Waals surface area contributed by atoms with Gasteiger partial charge in [0.2, 0.25) is 11.8 Å². The first-order chi connectivity index (χ1) is 15.7. The van der Waals surface area contributed by atoms with Crippen LogP contribution < -0.4 is 10.6 Å². The zero-order valence-corrected chi connectivity index (χ0v) is 22.0. The number of rotatable bonds is 10. The second-order valence-corrected chi connectivity index (χ2v) is 10.7. The molecule has 0 fully saturated rings. The van der Waals surface area contributed by atoms with E-state index in [9.17, 15) is 19.5 Å². The summed E-state index contributed by atoms with van der Waals surface area (Å²) in [5.74, 6) is -0.905. The fourth-order valence-electron chi connectivity index (χ4n) is 3.48. The van der Waals surface area contributed by atoms with E-state index in [0.717, 1.165) is 19.3 Å². The van der Waals surface area contributed by atoms with Gasteiger partial charge in [-0.2, -0.15) is 0 Å². The zero-order chi connectivity index (χ0) is 26.1. The summed E-state index contributed by atoms with van der Waals surface area (Å²) in [6.45, 7) is 14.7. The second-order valence-electron chi connectivity index (χ2n) is 10.7. The average molecular weight is 478 g/mol. The summed E-state index contributed by atoms with van der Waals surface area (Å²) in [6.07, 6.45) is 2.90. The van der Waals surface area contributed by atoms with Crippen LogP contribution in [0.4, 0.5) is 4.79 Å². The summed E-state index contributed by atoms with van der Waals surface area (Å²) in [5, 5.41) is 16.1. The monoisotopic (exact) mass is 477 g/mol. The van der Waals surface area contributed by atoms with Crippen molar-refractivity contribution in [2.24, 2.45) is 0 Å². The van der Waals surface area contributed by atoms with Crippen LogP contribution in [0.15, 0.2) is 24.3 Å². The van der Waals surface area contributed by atoms with Crippen molar-refractivity contribution in [1.82, 2.24) is 15.5 Å². The predicted molar refractivity (Wildman–Crippen MR) is 133 cm³/mol. The lowest BCUT2D eigenvalue weighted by atomic mass is 9.99. The maximum Gasteiger partial charge on any atom is 0.408 e. The van der Waals surface area contributed by atoms with Gasteiger partial charge in [0, 0.05) is 17.6 Å². The minimum atomic E-state index is -1.06. The quantitative estimate of drug-likeness (QED) is 0.425. The van der Waals surface area contributed by atoms with Crippen molar-refractivity contribution in [1.29, 1.82) is 0 Å². The molecule has 192 valence electrons. The molecule has 0 radical (unpaired) electrons. The van der Waals surface area contributed by atoms with Crippen LogP contribution in [-0.2, 0) is 14.3 Å². The van der Waals surface area contributed by atoms with Gasteiger partial charge in [0.25, 0.3) is 0 Å². The van der Waals surface area contributed by atoms with Gasteiger partial charge in [0.15, 0.2) is 0 Å². The van der Waals surface area contributed by atoms with Gasteiger partial charge in [-0.3, -0.25) is 9.59 Å². The molecule has 0 saturated carbocycles. The normalized spacial score (nSPS) is 13.5. The van der Waals surface area contributed by atoms with Crippen LogP contribution in [0.3, 0.4) is 0 Å². The zero-order valence-electron chi connectivity index (χ0n) is 22.0. The summed E-state index contributed by atoms with van der Waals surface area (Å²) in [4.78, 5) is 40.8. The van der Waals surface area contributed by atoms with Crippen LogP contribution in [0.5, 0.6) is 5.75 Å². The smallest absolute Gasteiger partial charge is 0.408 e. The number of benzene rings is 1. The van der Waals surface area contributed by atoms with Crippen molar-refractivity contribution in [3.8, 4) is 5.75 Å². The lowest BCUT2D eigenvalue weighted by molar-refractivity contribution is -0.143. The molecule has 1 aromatic rings. The van der Waals surface area contributed by atoms with Gasteiger partial charge >= 0.3 is 6.09 Å². The Morgan fingerprint density at radius 1 is 1.03 bits per heavy atom. The highest BCUT2D eigenvalue weighted by molar-refractivity contribution is 5.92. The molecule has 0 heterocycles. The van der Waals surface area contributed by atoms with Crippen molar-refractivity contribution in [2.75, 3.05) is 6.54 Å². The molecule has 0 saturated heterocycles. The maximum absolute atomic E-state index is 13.6. The second kappa shape index (κ2) is 12.6. The van der Waals surface area contributed by atoms with Crippen LogP contribution in [-0.4, -0.2) is 51.6 Å². The predicted octanol–water partition coefficient (Wildman–Crippen LogP) is 4.67. The number of aromatic hydroxyl groups is 1. The van der Waals surface area contributed by atoms with Crippen LogP contribution in [0.1, 0.15) is 92.7 Å².